The summed E-state index contributed by atoms with van der Waals surface area (Å²) >= 11 is 1.91. The van der Waals surface area contributed by atoms with Crippen LogP contribution in [0.2, 0.25) is 0 Å². The van der Waals surface area contributed by atoms with E-state index in [1.54, 1.807) is 18.3 Å². The molecule has 1 fully saturated rings. The van der Waals surface area contributed by atoms with Crippen LogP contribution in [0.3, 0.4) is 0 Å². The van der Waals surface area contributed by atoms with E-state index in [9.17, 15) is 4.79 Å². The highest BCUT2D eigenvalue weighted by atomic mass is 32.2. The fourth-order valence-electron chi connectivity index (χ4n) is 2.04. The number of hydrogen-bond acceptors (Lipinski definition) is 4. The first-order chi connectivity index (χ1) is 9.79. The maximum atomic E-state index is 11.9. The summed E-state index contributed by atoms with van der Waals surface area (Å²) in [6.07, 6.45) is 6.25. The van der Waals surface area contributed by atoms with Crippen molar-refractivity contribution in [1.82, 2.24) is 10.3 Å². The van der Waals surface area contributed by atoms with Gasteiger partial charge in [0.2, 0.25) is 5.88 Å². The van der Waals surface area contributed by atoms with Gasteiger partial charge in [0.05, 0.1) is 5.56 Å². The number of unbranched alkanes of at least 4 members (excludes halogenated alkanes) is 2. The summed E-state index contributed by atoms with van der Waals surface area (Å²) in [4.78, 5) is 16.1. The van der Waals surface area contributed by atoms with Crippen molar-refractivity contribution in [3.05, 3.63) is 23.9 Å². The molecular formula is C15H22N2O2S. The average molecular weight is 294 g/mol. The van der Waals surface area contributed by atoms with Gasteiger partial charge in [-0.15, -0.1) is 0 Å². The van der Waals surface area contributed by atoms with Crippen LogP contribution in [-0.2, 0) is 0 Å². The molecule has 2 rings (SSSR count). The highest BCUT2D eigenvalue weighted by Crippen LogP contribution is 2.21. The predicted octanol–water partition coefficient (Wildman–Crippen LogP) is 2.89. The minimum atomic E-state index is -0.0587. The monoisotopic (exact) mass is 294 g/mol. The Kier molecular flexibility index (Phi) is 6.18. The van der Waals surface area contributed by atoms with Crippen molar-refractivity contribution in [3.63, 3.8) is 0 Å². The normalized spacial score (nSPS) is 17.9. The smallest absolute Gasteiger partial charge is 0.252 e. The second-order valence-electron chi connectivity index (χ2n) is 4.95. The minimum absolute atomic E-state index is 0.0587. The van der Waals surface area contributed by atoms with E-state index in [-0.39, 0.29) is 12.0 Å². The molecule has 1 unspecified atom stereocenters. The first-order valence-electron chi connectivity index (χ1n) is 7.28. The molecule has 0 bridgehead atoms. The first-order valence-corrected chi connectivity index (χ1v) is 8.43. The maximum absolute atomic E-state index is 11.9. The Morgan fingerprint density at radius 2 is 2.40 bits per heavy atom. The molecule has 0 radical (unpaired) electrons. The van der Waals surface area contributed by atoms with Gasteiger partial charge in [-0.1, -0.05) is 19.8 Å². The van der Waals surface area contributed by atoms with Gasteiger partial charge < -0.3 is 10.1 Å². The number of amides is 1. The third-order valence-corrected chi connectivity index (χ3v) is 4.37. The molecule has 0 aromatic carbocycles. The van der Waals surface area contributed by atoms with Crippen LogP contribution in [0.4, 0.5) is 0 Å². The zero-order valence-corrected chi connectivity index (χ0v) is 12.7. The molecule has 0 aliphatic carbocycles. The van der Waals surface area contributed by atoms with Gasteiger partial charge in [0.15, 0.2) is 0 Å². The Morgan fingerprint density at radius 1 is 1.50 bits per heavy atom. The van der Waals surface area contributed by atoms with E-state index in [0.717, 1.165) is 43.7 Å². The van der Waals surface area contributed by atoms with Crippen LogP contribution in [0.25, 0.3) is 0 Å². The molecule has 0 saturated carbocycles. The number of pyridine rings is 1. The Bertz CT molecular complexity index is 416. The molecule has 1 atom stereocenters. The second-order valence-corrected chi connectivity index (χ2v) is 6.10. The van der Waals surface area contributed by atoms with Gasteiger partial charge in [-0.3, -0.25) is 4.79 Å². The van der Waals surface area contributed by atoms with Crippen molar-refractivity contribution in [1.29, 1.82) is 0 Å². The van der Waals surface area contributed by atoms with Crippen molar-refractivity contribution >= 4 is 17.7 Å². The van der Waals surface area contributed by atoms with Gasteiger partial charge in [-0.2, -0.15) is 11.8 Å². The SMILES string of the molecule is CCCCCNC(=O)c1ccc(OC2CCSC2)nc1. The third-order valence-electron chi connectivity index (χ3n) is 3.24. The van der Waals surface area contributed by atoms with E-state index in [0.29, 0.717) is 11.4 Å². The highest BCUT2D eigenvalue weighted by Gasteiger charge is 2.17. The molecule has 1 aliphatic heterocycles. The quantitative estimate of drug-likeness (QED) is 0.786. The van der Waals surface area contributed by atoms with Crippen molar-refractivity contribution < 1.29 is 9.53 Å². The van der Waals surface area contributed by atoms with Crippen LogP contribution in [0.15, 0.2) is 18.3 Å². The number of nitrogens with zero attached hydrogens (tertiary/aromatic N) is 1. The van der Waals surface area contributed by atoms with Crippen LogP contribution in [-0.4, -0.2) is 35.0 Å². The summed E-state index contributed by atoms with van der Waals surface area (Å²) in [6, 6.07) is 3.56. The van der Waals surface area contributed by atoms with Crippen molar-refractivity contribution in [2.45, 2.75) is 38.7 Å². The van der Waals surface area contributed by atoms with E-state index in [1.165, 1.54) is 0 Å². The molecule has 1 aliphatic rings. The number of aromatic nitrogens is 1. The van der Waals surface area contributed by atoms with Crippen molar-refractivity contribution in [2.75, 3.05) is 18.1 Å². The van der Waals surface area contributed by atoms with E-state index in [2.05, 4.69) is 17.2 Å². The average Bonchev–Trinajstić information content (AvgIpc) is 2.97. The molecule has 4 nitrogen and oxygen atoms in total. The summed E-state index contributed by atoms with van der Waals surface area (Å²) in [5, 5.41) is 2.90. The number of carbonyl (C=O) groups is 1. The Labute approximate surface area is 124 Å². The van der Waals surface area contributed by atoms with E-state index < -0.39 is 0 Å². The zero-order chi connectivity index (χ0) is 14.2. The molecule has 1 N–H and O–H groups in total. The summed E-state index contributed by atoms with van der Waals surface area (Å²) in [6.45, 7) is 2.87. The van der Waals surface area contributed by atoms with Gasteiger partial charge in [0.25, 0.3) is 5.91 Å². The maximum Gasteiger partial charge on any atom is 0.252 e. The lowest BCUT2D eigenvalue weighted by Crippen LogP contribution is -2.24. The number of rotatable bonds is 7. The standard InChI is InChI=1S/C15H22N2O2S/c1-2-3-4-8-16-15(18)12-5-6-14(17-10-12)19-13-7-9-20-11-13/h5-6,10,13H,2-4,7-9,11H2,1H3,(H,16,18). The van der Waals surface area contributed by atoms with Gasteiger partial charge in [0, 0.05) is 24.6 Å². The van der Waals surface area contributed by atoms with E-state index in [4.69, 9.17) is 4.74 Å². The highest BCUT2D eigenvalue weighted by molar-refractivity contribution is 7.99. The van der Waals surface area contributed by atoms with Gasteiger partial charge >= 0.3 is 0 Å². The fraction of sp³-hybridized carbons (Fsp3) is 0.600. The lowest BCUT2D eigenvalue weighted by molar-refractivity contribution is 0.0952. The summed E-state index contributed by atoms with van der Waals surface area (Å²) < 4.78 is 5.76. The van der Waals surface area contributed by atoms with Crippen LogP contribution in [0, 0.1) is 0 Å². The van der Waals surface area contributed by atoms with Gasteiger partial charge in [0.1, 0.15) is 6.10 Å². The molecule has 1 aromatic heterocycles. The molecule has 1 aromatic rings. The minimum Gasteiger partial charge on any atom is -0.473 e. The number of thioether (sulfide) groups is 1. The molecule has 2 heterocycles. The molecule has 1 amide bonds. The topological polar surface area (TPSA) is 51.2 Å². The van der Waals surface area contributed by atoms with Crippen LogP contribution < -0.4 is 10.1 Å². The summed E-state index contributed by atoms with van der Waals surface area (Å²) in [5.74, 6) is 2.74. The molecular weight excluding hydrogens is 272 g/mol. The second kappa shape index (κ2) is 8.15. The lowest BCUT2D eigenvalue weighted by Gasteiger charge is -2.11. The number of ether oxygens (including phenoxy) is 1. The first kappa shape index (κ1) is 15.2. The van der Waals surface area contributed by atoms with Crippen LogP contribution in [0.5, 0.6) is 5.88 Å². The van der Waals surface area contributed by atoms with Gasteiger partial charge in [-0.25, -0.2) is 4.98 Å². The largest absolute Gasteiger partial charge is 0.473 e. The Balaban J connectivity index is 1.79. The molecule has 1 saturated heterocycles. The van der Waals surface area contributed by atoms with E-state index >= 15 is 0 Å². The van der Waals surface area contributed by atoms with Gasteiger partial charge in [-0.05, 0) is 24.7 Å². The summed E-state index contributed by atoms with van der Waals surface area (Å²) in [7, 11) is 0. The lowest BCUT2D eigenvalue weighted by atomic mass is 10.2. The number of hydrogen-bond donors (Lipinski definition) is 1. The Morgan fingerprint density at radius 3 is 3.05 bits per heavy atom. The molecule has 110 valence electrons. The van der Waals surface area contributed by atoms with Crippen LogP contribution >= 0.6 is 11.8 Å². The summed E-state index contributed by atoms with van der Waals surface area (Å²) in [5.41, 5.74) is 0.592. The van der Waals surface area contributed by atoms with Crippen molar-refractivity contribution in [2.24, 2.45) is 0 Å². The zero-order valence-electron chi connectivity index (χ0n) is 11.9. The third kappa shape index (κ3) is 4.71. The number of carbonyl (C=O) groups excluding carboxylic acids is 1. The van der Waals surface area contributed by atoms with E-state index in [1.807, 2.05) is 11.8 Å². The van der Waals surface area contributed by atoms with Crippen molar-refractivity contribution in [3.8, 4) is 5.88 Å². The molecule has 20 heavy (non-hydrogen) atoms. The van der Waals surface area contributed by atoms with Crippen LogP contribution in [0.1, 0.15) is 43.0 Å². The number of nitrogens with one attached hydrogen (secondary N) is 1. The fourth-order valence-corrected chi connectivity index (χ4v) is 3.13. The molecule has 0 spiro atoms. The molecule has 5 heteroatoms. The predicted molar refractivity (Wildman–Crippen MR) is 82.5 cm³/mol. The Hall–Kier alpha value is -1.23.